The van der Waals surface area contributed by atoms with Crippen molar-refractivity contribution in [3.8, 4) is 0 Å². The van der Waals surface area contributed by atoms with Gasteiger partial charge in [-0.15, -0.1) is 0 Å². The summed E-state index contributed by atoms with van der Waals surface area (Å²) in [6.07, 6.45) is 5.41. The van der Waals surface area contributed by atoms with Crippen LogP contribution < -0.4 is 5.73 Å². The van der Waals surface area contributed by atoms with Crippen molar-refractivity contribution >= 4 is 0 Å². The van der Waals surface area contributed by atoms with Crippen molar-refractivity contribution in [1.82, 2.24) is 9.55 Å². The summed E-state index contributed by atoms with van der Waals surface area (Å²) in [5.41, 5.74) is 7.63. The van der Waals surface area contributed by atoms with Crippen LogP contribution in [0, 0.1) is 0 Å². The molecular formula is C11H19N3O. The Morgan fingerprint density at radius 3 is 3.00 bits per heavy atom. The first-order chi connectivity index (χ1) is 7.36. The Labute approximate surface area is 90.1 Å². The maximum atomic E-state index is 9.23. The molecule has 0 spiro atoms. The van der Waals surface area contributed by atoms with E-state index in [4.69, 9.17) is 5.73 Å². The maximum Gasteiger partial charge on any atom is 0.109 e. The molecular weight excluding hydrogens is 190 g/mol. The normalized spacial score (nSPS) is 15.3. The zero-order valence-corrected chi connectivity index (χ0v) is 9.08. The second-order valence-corrected chi connectivity index (χ2v) is 4.08. The molecule has 1 aromatic rings. The summed E-state index contributed by atoms with van der Waals surface area (Å²) in [6.45, 7) is 1.83. The van der Waals surface area contributed by atoms with Crippen molar-refractivity contribution < 1.29 is 5.11 Å². The molecule has 0 unspecified atom stereocenters. The third-order valence-electron chi connectivity index (χ3n) is 3.03. The van der Waals surface area contributed by atoms with Crippen LogP contribution >= 0.6 is 0 Å². The molecule has 3 N–H and O–H groups in total. The van der Waals surface area contributed by atoms with Gasteiger partial charge in [0.25, 0.3) is 0 Å². The van der Waals surface area contributed by atoms with Crippen molar-refractivity contribution in [2.45, 2.75) is 45.3 Å². The van der Waals surface area contributed by atoms with Gasteiger partial charge in [0.05, 0.1) is 12.3 Å². The molecule has 0 saturated heterocycles. The molecule has 1 aliphatic rings. The second-order valence-electron chi connectivity index (χ2n) is 4.08. The summed E-state index contributed by atoms with van der Waals surface area (Å²) in [5, 5.41) is 9.23. The Balaban J connectivity index is 2.25. The van der Waals surface area contributed by atoms with Crippen LogP contribution in [0.3, 0.4) is 0 Å². The Morgan fingerprint density at radius 1 is 1.40 bits per heavy atom. The summed E-state index contributed by atoms with van der Waals surface area (Å²) >= 11 is 0. The van der Waals surface area contributed by atoms with Gasteiger partial charge in [0.2, 0.25) is 0 Å². The SMILES string of the molecule is NCCCc1nc(CO)c2n1CCCC2. The molecule has 1 aromatic heterocycles. The molecule has 0 aromatic carbocycles. The summed E-state index contributed by atoms with van der Waals surface area (Å²) < 4.78 is 2.28. The van der Waals surface area contributed by atoms with Crippen LogP contribution in [0.5, 0.6) is 0 Å². The van der Waals surface area contributed by atoms with E-state index in [9.17, 15) is 5.11 Å². The first-order valence-electron chi connectivity index (χ1n) is 5.75. The Morgan fingerprint density at radius 2 is 2.27 bits per heavy atom. The largest absolute Gasteiger partial charge is 0.390 e. The highest BCUT2D eigenvalue weighted by atomic mass is 16.3. The number of fused-ring (bicyclic) bond motifs is 1. The molecule has 84 valence electrons. The number of aliphatic hydroxyl groups excluding tert-OH is 1. The van der Waals surface area contributed by atoms with Crippen molar-refractivity contribution in [3.63, 3.8) is 0 Å². The number of imidazole rings is 1. The van der Waals surface area contributed by atoms with Gasteiger partial charge in [-0.25, -0.2) is 4.98 Å². The number of nitrogens with zero attached hydrogens (tertiary/aromatic N) is 2. The second kappa shape index (κ2) is 4.77. The van der Waals surface area contributed by atoms with Crippen LogP contribution in [0.2, 0.25) is 0 Å². The van der Waals surface area contributed by atoms with Crippen molar-refractivity contribution in [3.05, 3.63) is 17.2 Å². The third kappa shape index (κ3) is 2.06. The first-order valence-corrected chi connectivity index (χ1v) is 5.75. The highest BCUT2D eigenvalue weighted by Crippen LogP contribution is 2.21. The average molecular weight is 209 g/mol. The molecule has 0 saturated carbocycles. The van der Waals surface area contributed by atoms with Gasteiger partial charge in [0, 0.05) is 18.7 Å². The molecule has 2 heterocycles. The van der Waals surface area contributed by atoms with Crippen molar-refractivity contribution in [2.75, 3.05) is 6.54 Å². The predicted octanol–water partition coefficient (Wildman–Crippen LogP) is 0.603. The lowest BCUT2D eigenvalue weighted by Crippen LogP contribution is -2.14. The summed E-state index contributed by atoms with van der Waals surface area (Å²) in [6, 6.07) is 0. The van der Waals surface area contributed by atoms with E-state index < -0.39 is 0 Å². The maximum absolute atomic E-state index is 9.23. The number of aliphatic hydroxyl groups is 1. The molecule has 15 heavy (non-hydrogen) atoms. The minimum Gasteiger partial charge on any atom is -0.390 e. The van der Waals surface area contributed by atoms with Crippen molar-refractivity contribution in [2.24, 2.45) is 5.73 Å². The van der Waals surface area contributed by atoms with E-state index in [1.165, 1.54) is 18.5 Å². The fourth-order valence-electron chi connectivity index (χ4n) is 2.28. The monoisotopic (exact) mass is 209 g/mol. The third-order valence-corrected chi connectivity index (χ3v) is 3.03. The lowest BCUT2D eigenvalue weighted by molar-refractivity contribution is 0.275. The van der Waals surface area contributed by atoms with E-state index >= 15 is 0 Å². The number of hydrogen-bond donors (Lipinski definition) is 2. The summed E-state index contributed by atoms with van der Waals surface area (Å²) in [7, 11) is 0. The quantitative estimate of drug-likeness (QED) is 0.763. The van der Waals surface area contributed by atoms with Crippen LogP contribution in [0.15, 0.2) is 0 Å². The summed E-state index contributed by atoms with van der Waals surface area (Å²) in [5.74, 6) is 1.11. The van der Waals surface area contributed by atoms with Crippen LogP contribution in [0.4, 0.5) is 0 Å². The molecule has 0 radical (unpaired) electrons. The molecule has 0 fully saturated rings. The van der Waals surface area contributed by atoms with Gasteiger partial charge in [0.1, 0.15) is 5.82 Å². The molecule has 1 aliphatic heterocycles. The number of nitrogens with two attached hydrogens (primary N) is 1. The molecule has 0 aliphatic carbocycles. The lowest BCUT2D eigenvalue weighted by Gasteiger charge is -2.17. The standard InChI is InChI=1S/C11H19N3O/c12-6-3-5-11-13-9(8-15)10-4-1-2-7-14(10)11/h15H,1-8,12H2. The Bertz CT molecular complexity index is 333. The molecule has 0 bridgehead atoms. The smallest absolute Gasteiger partial charge is 0.109 e. The van der Waals surface area contributed by atoms with E-state index in [0.29, 0.717) is 6.54 Å². The van der Waals surface area contributed by atoms with Gasteiger partial charge in [-0.05, 0) is 32.2 Å². The van der Waals surface area contributed by atoms with Crippen molar-refractivity contribution in [1.29, 1.82) is 0 Å². The average Bonchev–Trinajstić information content (AvgIpc) is 2.65. The number of rotatable bonds is 4. The van der Waals surface area contributed by atoms with Gasteiger partial charge in [-0.3, -0.25) is 0 Å². The predicted molar refractivity (Wildman–Crippen MR) is 58.5 cm³/mol. The van der Waals surface area contributed by atoms with Crippen LogP contribution in [-0.2, 0) is 26.0 Å². The van der Waals surface area contributed by atoms with Crippen LogP contribution in [-0.4, -0.2) is 21.2 Å². The minimum absolute atomic E-state index is 0.0674. The number of hydrogen-bond acceptors (Lipinski definition) is 3. The fraction of sp³-hybridized carbons (Fsp3) is 0.727. The topological polar surface area (TPSA) is 64.1 Å². The van der Waals surface area contributed by atoms with E-state index in [2.05, 4.69) is 9.55 Å². The first kappa shape index (κ1) is 10.6. The molecule has 0 amide bonds. The highest BCUT2D eigenvalue weighted by molar-refractivity contribution is 5.18. The van der Waals surface area contributed by atoms with Gasteiger partial charge < -0.3 is 15.4 Å². The van der Waals surface area contributed by atoms with Crippen LogP contribution in [0.1, 0.15) is 36.5 Å². The number of aryl methyl sites for hydroxylation is 1. The fourth-order valence-corrected chi connectivity index (χ4v) is 2.28. The molecule has 4 heteroatoms. The minimum atomic E-state index is 0.0674. The van der Waals surface area contributed by atoms with E-state index in [1.54, 1.807) is 0 Å². The Hall–Kier alpha value is -0.870. The molecule has 0 atom stereocenters. The van der Waals surface area contributed by atoms with Gasteiger partial charge in [-0.1, -0.05) is 0 Å². The molecule has 2 rings (SSSR count). The van der Waals surface area contributed by atoms with E-state index in [1.807, 2.05) is 0 Å². The number of aromatic nitrogens is 2. The van der Waals surface area contributed by atoms with Gasteiger partial charge >= 0.3 is 0 Å². The zero-order chi connectivity index (χ0) is 10.7. The highest BCUT2D eigenvalue weighted by Gasteiger charge is 2.18. The lowest BCUT2D eigenvalue weighted by atomic mass is 10.1. The van der Waals surface area contributed by atoms with Gasteiger partial charge in [0.15, 0.2) is 0 Å². The van der Waals surface area contributed by atoms with Gasteiger partial charge in [-0.2, -0.15) is 0 Å². The Kier molecular flexibility index (Phi) is 3.38. The molecule has 4 nitrogen and oxygen atoms in total. The summed E-state index contributed by atoms with van der Waals surface area (Å²) in [4.78, 5) is 4.51. The van der Waals surface area contributed by atoms with E-state index in [-0.39, 0.29) is 6.61 Å². The van der Waals surface area contributed by atoms with Crippen LogP contribution in [0.25, 0.3) is 0 Å². The zero-order valence-electron chi connectivity index (χ0n) is 9.08. The van der Waals surface area contributed by atoms with E-state index in [0.717, 1.165) is 37.3 Å².